The molecule has 7 nitrogen and oxygen atoms in total. The summed E-state index contributed by atoms with van der Waals surface area (Å²) >= 11 is 0. The fraction of sp³-hybridized carbons (Fsp3) is 0.500. The molecule has 0 aliphatic carbocycles. The summed E-state index contributed by atoms with van der Waals surface area (Å²) in [6.07, 6.45) is 1.08. The second-order valence-corrected chi connectivity index (χ2v) is 3.34. The molecule has 1 atom stereocenters. The first kappa shape index (κ1) is 14.9. The van der Waals surface area contributed by atoms with Crippen LogP contribution in [-0.4, -0.2) is 47.0 Å². The molecule has 0 radical (unpaired) electrons. The summed E-state index contributed by atoms with van der Waals surface area (Å²) in [6.45, 7) is 5.92. The van der Waals surface area contributed by atoms with E-state index in [2.05, 4.69) is 11.9 Å². The van der Waals surface area contributed by atoms with Gasteiger partial charge < -0.3 is 21.1 Å². The molecule has 1 unspecified atom stereocenters. The van der Waals surface area contributed by atoms with Gasteiger partial charge in [0.1, 0.15) is 6.04 Å². The van der Waals surface area contributed by atoms with Gasteiger partial charge in [-0.1, -0.05) is 6.08 Å². The fourth-order valence-electron chi connectivity index (χ4n) is 1.15. The van der Waals surface area contributed by atoms with E-state index in [0.29, 0.717) is 13.1 Å². The lowest BCUT2D eigenvalue weighted by Gasteiger charge is -2.22. The summed E-state index contributed by atoms with van der Waals surface area (Å²) in [5.74, 6) is -2.09. The third-order valence-electron chi connectivity index (χ3n) is 2.02. The number of rotatable bonds is 7. The number of nitrogens with one attached hydrogen (secondary N) is 1. The van der Waals surface area contributed by atoms with Crippen molar-refractivity contribution >= 4 is 17.9 Å². The van der Waals surface area contributed by atoms with E-state index in [9.17, 15) is 14.4 Å². The summed E-state index contributed by atoms with van der Waals surface area (Å²) in [7, 11) is 0. The number of hydrogen-bond acceptors (Lipinski definition) is 3. The number of carbonyl (C=O) groups is 3. The lowest BCUT2D eigenvalue weighted by atomic mass is 10.2. The molecule has 0 aromatic rings. The average molecular weight is 243 g/mol. The number of carboxylic acids is 1. The van der Waals surface area contributed by atoms with Crippen molar-refractivity contribution in [3.63, 3.8) is 0 Å². The highest BCUT2D eigenvalue weighted by molar-refractivity contribution is 5.87. The number of amides is 3. The van der Waals surface area contributed by atoms with Gasteiger partial charge in [-0.15, -0.1) is 6.58 Å². The van der Waals surface area contributed by atoms with Crippen molar-refractivity contribution in [1.82, 2.24) is 10.2 Å². The van der Waals surface area contributed by atoms with E-state index in [4.69, 9.17) is 10.8 Å². The van der Waals surface area contributed by atoms with Gasteiger partial charge in [-0.05, 0) is 6.92 Å². The van der Waals surface area contributed by atoms with Crippen LogP contribution in [0.1, 0.15) is 13.3 Å². The van der Waals surface area contributed by atoms with Gasteiger partial charge in [0, 0.05) is 13.1 Å². The maximum atomic E-state index is 11.6. The third-order valence-corrected chi connectivity index (χ3v) is 2.02. The maximum Gasteiger partial charge on any atom is 0.326 e. The number of carbonyl (C=O) groups excluding carboxylic acids is 2. The van der Waals surface area contributed by atoms with Crippen molar-refractivity contribution in [2.45, 2.75) is 19.4 Å². The van der Waals surface area contributed by atoms with Crippen LogP contribution in [0.2, 0.25) is 0 Å². The van der Waals surface area contributed by atoms with E-state index >= 15 is 0 Å². The Labute approximate surface area is 99.3 Å². The van der Waals surface area contributed by atoms with Gasteiger partial charge in [-0.2, -0.15) is 0 Å². The smallest absolute Gasteiger partial charge is 0.326 e. The molecule has 0 aromatic carbocycles. The molecule has 17 heavy (non-hydrogen) atoms. The molecule has 0 bridgehead atoms. The predicted molar refractivity (Wildman–Crippen MR) is 61.2 cm³/mol. The third kappa shape index (κ3) is 5.55. The first-order chi connectivity index (χ1) is 7.92. The molecule has 0 rings (SSSR count). The molecule has 0 saturated carbocycles. The van der Waals surface area contributed by atoms with E-state index in [1.165, 1.54) is 11.0 Å². The molecule has 0 saturated heterocycles. The minimum atomic E-state index is -1.31. The molecule has 0 spiro atoms. The molecule has 96 valence electrons. The molecular weight excluding hydrogens is 226 g/mol. The number of primary amides is 1. The Kier molecular flexibility index (Phi) is 6.39. The van der Waals surface area contributed by atoms with Gasteiger partial charge in [0.25, 0.3) is 0 Å². The lowest BCUT2D eigenvalue weighted by molar-refractivity contribution is -0.140. The highest BCUT2D eigenvalue weighted by atomic mass is 16.4. The number of nitrogens with zero attached hydrogens (tertiary/aromatic N) is 1. The number of urea groups is 1. The number of hydrogen-bond donors (Lipinski definition) is 3. The highest BCUT2D eigenvalue weighted by Crippen LogP contribution is 1.96. The van der Waals surface area contributed by atoms with Crippen molar-refractivity contribution in [3.05, 3.63) is 12.7 Å². The van der Waals surface area contributed by atoms with E-state index in [-0.39, 0.29) is 0 Å². The summed E-state index contributed by atoms with van der Waals surface area (Å²) in [4.78, 5) is 34.4. The van der Waals surface area contributed by atoms with Crippen LogP contribution in [0.4, 0.5) is 4.79 Å². The van der Waals surface area contributed by atoms with Crippen LogP contribution in [0.5, 0.6) is 0 Å². The zero-order chi connectivity index (χ0) is 13.4. The Hall–Kier alpha value is -2.05. The average Bonchev–Trinajstić information content (AvgIpc) is 2.23. The van der Waals surface area contributed by atoms with E-state index in [1.54, 1.807) is 6.92 Å². The lowest BCUT2D eigenvalue weighted by Crippen LogP contribution is -2.49. The number of aliphatic carboxylic acids is 1. The van der Waals surface area contributed by atoms with Gasteiger partial charge in [-0.25, -0.2) is 9.59 Å². The Morgan fingerprint density at radius 1 is 1.53 bits per heavy atom. The Bertz CT molecular complexity index is 317. The number of likely N-dealkylation sites (N-methyl/N-ethyl adjacent to an activating group) is 1. The normalized spacial score (nSPS) is 11.4. The van der Waals surface area contributed by atoms with Crippen molar-refractivity contribution in [3.8, 4) is 0 Å². The molecule has 0 fully saturated rings. The van der Waals surface area contributed by atoms with Crippen molar-refractivity contribution in [2.75, 3.05) is 13.1 Å². The van der Waals surface area contributed by atoms with Crippen molar-refractivity contribution in [1.29, 1.82) is 0 Å². The minimum absolute atomic E-state index is 0.297. The molecule has 7 heteroatoms. The van der Waals surface area contributed by atoms with Gasteiger partial charge in [0.2, 0.25) is 5.91 Å². The predicted octanol–water partition coefficient (Wildman–Crippen LogP) is -0.467. The van der Waals surface area contributed by atoms with Crippen LogP contribution >= 0.6 is 0 Å². The first-order valence-corrected chi connectivity index (χ1v) is 5.09. The van der Waals surface area contributed by atoms with Crippen LogP contribution in [-0.2, 0) is 9.59 Å². The quantitative estimate of drug-likeness (QED) is 0.525. The SMILES string of the molecule is C=CCN(CC)C(=O)NC(CC(N)=O)C(=O)O. The molecule has 4 N–H and O–H groups in total. The zero-order valence-corrected chi connectivity index (χ0v) is 9.68. The summed E-state index contributed by atoms with van der Waals surface area (Å²) < 4.78 is 0. The first-order valence-electron chi connectivity index (χ1n) is 5.09. The van der Waals surface area contributed by atoms with E-state index in [0.717, 1.165) is 0 Å². The molecule has 0 aliphatic rings. The van der Waals surface area contributed by atoms with Gasteiger partial charge in [0.05, 0.1) is 6.42 Å². The van der Waals surface area contributed by atoms with Crippen LogP contribution in [0.3, 0.4) is 0 Å². The van der Waals surface area contributed by atoms with E-state index < -0.39 is 30.4 Å². The van der Waals surface area contributed by atoms with Crippen molar-refractivity contribution in [2.24, 2.45) is 5.73 Å². The summed E-state index contributed by atoms with van der Waals surface area (Å²) in [5, 5.41) is 11.0. The molecule has 3 amide bonds. The maximum absolute atomic E-state index is 11.6. The molecule has 0 aliphatic heterocycles. The number of nitrogens with two attached hydrogens (primary N) is 1. The van der Waals surface area contributed by atoms with Crippen LogP contribution in [0.25, 0.3) is 0 Å². The number of carboxylic acid groups (broad SMARTS) is 1. The largest absolute Gasteiger partial charge is 0.480 e. The standard InChI is InChI=1S/C10H17N3O4/c1-3-5-13(4-2)10(17)12-7(9(15)16)6-8(11)14/h3,7H,1,4-6H2,2H3,(H2,11,14)(H,12,17)(H,15,16). The Morgan fingerprint density at radius 2 is 2.12 bits per heavy atom. The summed E-state index contributed by atoms with van der Waals surface area (Å²) in [5.41, 5.74) is 4.89. The Balaban J connectivity index is 4.52. The Morgan fingerprint density at radius 3 is 2.47 bits per heavy atom. The van der Waals surface area contributed by atoms with Crippen LogP contribution in [0.15, 0.2) is 12.7 Å². The molecule has 0 aromatic heterocycles. The molecular formula is C10H17N3O4. The highest BCUT2D eigenvalue weighted by Gasteiger charge is 2.23. The monoisotopic (exact) mass is 243 g/mol. The van der Waals surface area contributed by atoms with E-state index in [1.807, 2.05) is 0 Å². The minimum Gasteiger partial charge on any atom is -0.480 e. The van der Waals surface area contributed by atoms with Gasteiger partial charge >= 0.3 is 12.0 Å². The second kappa shape index (κ2) is 7.26. The van der Waals surface area contributed by atoms with Crippen molar-refractivity contribution < 1.29 is 19.5 Å². The fourth-order valence-corrected chi connectivity index (χ4v) is 1.15. The molecule has 0 heterocycles. The topological polar surface area (TPSA) is 113 Å². The summed E-state index contributed by atoms with van der Waals surface area (Å²) in [6, 6.07) is -1.88. The second-order valence-electron chi connectivity index (χ2n) is 3.34. The van der Waals surface area contributed by atoms with Crippen LogP contribution < -0.4 is 11.1 Å². The van der Waals surface area contributed by atoms with Gasteiger partial charge in [0.15, 0.2) is 0 Å². The van der Waals surface area contributed by atoms with Gasteiger partial charge in [-0.3, -0.25) is 4.79 Å². The zero-order valence-electron chi connectivity index (χ0n) is 9.68. The van der Waals surface area contributed by atoms with Crippen LogP contribution in [0, 0.1) is 0 Å².